The molecule has 0 bridgehead atoms. The van der Waals surface area contributed by atoms with Gasteiger partial charge in [-0.1, -0.05) is 71.8 Å². The molecule has 1 fully saturated rings. The van der Waals surface area contributed by atoms with Crippen LogP contribution in [0.1, 0.15) is 34.2 Å². The molecule has 1 aliphatic rings. The van der Waals surface area contributed by atoms with Gasteiger partial charge >= 0.3 is 0 Å². The Morgan fingerprint density at radius 2 is 1.55 bits per heavy atom. The Morgan fingerprint density at radius 1 is 0.968 bits per heavy atom. The molecule has 4 rings (SSSR count). The van der Waals surface area contributed by atoms with E-state index < -0.39 is 0 Å². The van der Waals surface area contributed by atoms with Crippen LogP contribution in [0.3, 0.4) is 0 Å². The average Bonchev–Trinajstić information content (AvgIpc) is 3.51. The number of rotatable bonds is 6. The highest BCUT2D eigenvalue weighted by Crippen LogP contribution is 2.59. The van der Waals surface area contributed by atoms with Gasteiger partial charge in [-0.25, -0.2) is 5.43 Å². The minimum absolute atomic E-state index is 0.0378. The lowest BCUT2D eigenvalue weighted by Crippen LogP contribution is -2.25. The maximum absolute atomic E-state index is 13.0. The zero-order valence-electron chi connectivity index (χ0n) is 18.6. The zero-order valence-corrected chi connectivity index (χ0v) is 18.6. The van der Waals surface area contributed by atoms with Crippen LogP contribution in [0.15, 0.2) is 77.9 Å². The molecule has 0 aromatic heterocycles. The number of nitrogens with one attached hydrogen (secondary N) is 1. The van der Waals surface area contributed by atoms with Gasteiger partial charge in [-0.05, 0) is 49.1 Å². The fraction of sp³-hybridized carbons (Fsp3) is 0.259. The Balaban J connectivity index is 1.53. The van der Waals surface area contributed by atoms with E-state index in [1.165, 1.54) is 22.3 Å². The molecule has 3 aromatic carbocycles. The molecule has 1 aliphatic carbocycles. The second-order valence-corrected chi connectivity index (χ2v) is 8.69. The predicted molar refractivity (Wildman–Crippen MR) is 128 cm³/mol. The summed E-state index contributed by atoms with van der Waals surface area (Å²) in [5.41, 5.74) is 9.36. The van der Waals surface area contributed by atoms with Crippen LogP contribution in [0.2, 0.25) is 0 Å². The van der Waals surface area contributed by atoms with Crippen molar-refractivity contribution in [1.29, 1.82) is 0 Å². The van der Waals surface area contributed by atoms with Crippen molar-refractivity contribution < 1.29 is 4.79 Å². The van der Waals surface area contributed by atoms with E-state index in [9.17, 15) is 4.79 Å². The Bertz CT molecular complexity index is 1070. The molecule has 0 saturated heterocycles. The summed E-state index contributed by atoms with van der Waals surface area (Å²) >= 11 is 0. The van der Waals surface area contributed by atoms with E-state index in [4.69, 9.17) is 0 Å². The number of anilines is 1. The first-order valence-corrected chi connectivity index (χ1v) is 10.6. The van der Waals surface area contributed by atoms with Crippen molar-refractivity contribution in [1.82, 2.24) is 5.43 Å². The summed E-state index contributed by atoms with van der Waals surface area (Å²) in [6, 6.07) is 25.1. The zero-order chi connectivity index (χ0) is 22.0. The molecule has 0 radical (unpaired) electrons. The van der Waals surface area contributed by atoms with Crippen LogP contribution in [0.25, 0.3) is 0 Å². The van der Waals surface area contributed by atoms with Gasteiger partial charge in [-0.15, -0.1) is 0 Å². The molecule has 0 unspecified atom stereocenters. The van der Waals surface area contributed by atoms with Crippen molar-refractivity contribution in [3.8, 4) is 0 Å². The predicted octanol–water partition coefficient (Wildman–Crippen LogP) is 4.83. The molecule has 31 heavy (non-hydrogen) atoms. The van der Waals surface area contributed by atoms with E-state index in [1.54, 1.807) is 6.21 Å². The van der Waals surface area contributed by atoms with Gasteiger partial charge in [-0.3, -0.25) is 4.79 Å². The molecule has 158 valence electrons. The molecule has 4 heteroatoms. The topological polar surface area (TPSA) is 44.7 Å². The van der Waals surface area contributed by atoms with Gasteiger partial charge in [0.2, 0.25) is 5.91 Å². The maximum Gasteiger partial charge on any atom is 0.244 e. The highest BCUT2D eigenvalue weighted by Gasteiger charge is 2.60. The lowest BCUT2D eigenvalue weighted by molar-refractivity contribution is -0.122. The fourth-order valence-electron chi connectivity index (χ4n) is 4.34. The highest BCUT2D eigenvalue weighted by molar-refractivity contribution is 5.88. The number of benzene rings is 3. The van der Waals surface area contributed by atoms with Crippen LogP contribution >= 0.6 is 0 Å². The van der Waals surface area contributed by atoms with Crippen LogP contribution in [0.5, 0.6) is 0 Å². The Labute approximate surface area is 184 Å². The summed E-state index contributed by atoms with van der Waals surface area (Å²) in [6.07, 6.45) is 2.49. The number of hydrazone groups is 1. The molecule has 3 aromatic rings. The molecule has 0 heterocycles. The summed E-state index contributed by atoms with van der Waals surface area (Å²) in [4.78, 5) is 15.1. The van der Waals surface area contributed by atoms with Gasteiger partial charge < -0.3 is 4.90 Å². The number of hydrogen-bond donors (Lipinski definition) is 1. The van der Waals surface area contributed by atoms with Crippen LogP contribution in [0.4, 0.5) is 5.69 Å². The molecular weight excluding hydrogens is 382 g/mol. The molecule has 1 amide bonds. The number of nitrogens with zero attached hydrogens (tertiary/aromatic N) is 2. The van der Waals surface area contributed by atoms with Crippen molar-refractivity contribution in [2.75, 3.05) is 19.0 Å². The van der Waals surface area contributed by atoms with Gasteiger partial charge in [-0.2, -0.15) is 5.10 Å². The number of carbonyl (C=O) groups excluding carboxylic acids is 1. The summed E-state index contributed by atoms with van der Waals surface area (Å²) in [6.45, 7) is 4.19. The smallest absolute Gasteiger partial charge is 0.244 e. The standard InChI is InChI=1S/C27H29N3O/c1-19-7-5-9-22(15-19)27(23-10-6-8-20(2)16-23)17-25(27)26(31)29-28-18-21-11-13-24(14-12-21)30(3)4/h5-16,18,25H,17H2,1-4H3,(H,29,31)/b28-18+/t25-/m0/s1. The molecule has 1 saturated carbocycles. The number of amides is 1. The Morgan fingerprint density at radius 3 is 2.06 bits per heavy atom. The van der Waals surface area contributed by atoms with Crippen molar-refractivity contribution in [3.05, 3.63) is 101 Å². The van der Waals surface area contributed by atoms with E-state index in [0.29, 0.717) is 0 Å². The number of aryl methyl sites for hydroxylation is 2. The van der Waals surface area contributed by atoms with Crippen LogP contribution in [-0.4, -0.2) is 26.2 Å². The summed E-state index contributed by atoms with van der Waals surface area (Å²) in [5.74, 6) is -0.173. The molecule has 0 aliphatic heterocycles. The van der Waals surface area contributed by atoms with Crippen LogP contribution in [-0.2, 0) is 10.2 Å². The minimum atomic E-state index is -0.287. The van der Waals surface area contributed by atoms with Gasteiger partial charge in [0.15, 0.2) is 0 Å². The van der Waals surface area contributed by atoms with E-state index in [0.717, 1.165) is 17.7 Å². The van der Waals surface area contributed by atoms with Gasteiger partial charge in [0, 0.05) is 25.2 Å². The quantitative estimate of drug-likeness (QED) is 0.467. The highest BCUT2D eigenvalue weighted by atomic mass is 16.2. The third-order valence-corrected chi connectivity index (χ3v) is 6.14. The lowest BCUT2D eigenvalue weighted by Gasteiger charge is -2.19. The van der Waals surface area contributed by atoms with Gasteiger partial charge in [0.05, 0.1) is 12.1 Å². The Hall–Kier alpha value is -3.40. The van der Waals surface area contributed by atoms with Crippen molar-refractivity contribution in [3.63, 3.8) is 0 Å². The maximum atomic E-state index is 13.0. The summed E-state index contributed by atoms with van der Waals surface area (Å²) < 4.78 is 0. The molecule has 1 atom stereocenters. The first kappa shape index (κ1) is 20.9. The van der Waals surface area contributed by atoms with Crippen molar-refractivity contribution in [2.24, 2.45) is 11.0 Å². The van der Waals surface area contributed by atoms with Gasteiger partial charge in [0.25, 0.3) is 0 Å². The number of hydrogen-bond acceptors (Lipinski definition) is 3. The number of carbonyl (C=O) groups is 1. The first-order valence-electron chi connectivity index (χ1n) is 10.6. The average molecular weight is 412 g/mol. The lowest BCUT2D eigenvalue weighted by atomic mass is 9.84. The monoisotopic (exact) mass is 411 g/mol. The second kappa shape index (κ2) is 8.38. The van der Waals surface area contributed by atoms with Crippen LogP contribution in [0, 0.1) is 19.8 Å². The van der Waals surface area contributed by atoms with E-state index in [1.807, 2.05) is 43.3 Å². The third-order valence-electron chi connectivity index (χ3n) is 6.14. The van der Waals surface area contributed by atoms with Crippen molar-refractivity contribution in [2.45, 2.75) is 25.7 Å². The summed E-state index contributed by atoms with van der Waals surface area (Å²) in [5, 5.41) is 4.23. The van der Waals surface area contributed by atoms with Gasteiger partial charge in [0.1, 0.15) is 0 Å². The van der Waals surface area contributed by atoms with Crippen molar-refractivity contribution >= 4 is 17.8 Å². The molecular formula is C27H29N3O. The van der Waals surface area contributed by atoms with E-state index in [-0.39, 0.29) is 17.2 Å². The van der Waals surface area contributed by atoms with E-state index >= 15 is 0 Å². The third kappa shape index (κ3) is 4.24. The molecule has 4 nitrogen and oxygen atoms in total. The van der Waals surface area contributed by atoms with Crippen LogP contribution < -0.4 is 10.3 Å². The minimum Gasteiger partial charge on any atom is -0.378 e. The first-order chi connectivity index (χ1) is 14.9. The van der Waals surface area contributed by atoms with E-state index in [2.05, 4.69) is 72.9 Å². The second-order valence-electron chi connectivity index (χ2n) is 8.69. The SMILES string of the molecule is Cc1cccc(C2(c3cccc(C)c3)C[C@H]2C(=O)N/N=C/c2ccc(N(C)C)cc2)c1. The fourth-order valence-corrected chi connectivity index (χ4v) is 4.34. The normalized spacial score (nSPS) is 16.8. The largest absolute Gasteiger partial charge is 0.378 e. The summed E-state index contributed by atoms with van der Waals surface area (Å²) in [7, 11) is 4.02. The Kier molecular flexibility index (Phi) is 5.64. The molecule has 1 N–H and O–H groups in total. The molecule has 0 spiro atoms.